The van der Waals surface area contributed by atoms with Crippen LogP contribution in [-0.4, -0.2) is 85.6 Å². The van der Waals surface area contributed by atoms with Gasteiger partial charge in [-0.25, -0.2) is 18.2 Å². The summed E-state index contributed by atoms with van der Waals surface area (Å²) < 4.78 is 26.5. The number of amides is 3. The summed E-state index contributed by atoms with van der Waals surface area (Å²) in [7, 11) is -1.38. The lowest BCUT2D eigenvalue weighted by Crippen LogP contribution is -2.44. The number of hydrogen-bond donors (Lipinski definition) is 2. The van der Waals surface area contributed by atoms with Crippen LogP contribution in [0.1, 0.15) is 16.8 Å². The summed E-state index contributed by atoms with van der Waals surface area (Å²) >= 11 is 8.75. The second-order valence-corrected chi connectivity index (χ2v) is 13.9. The fourth-order valence-corrected chi connectivity index (χ4v) is 7.44. The minimum atomic E-state index is -3.47. The molecule has 0 saturated carbocycles. The van der Waals surface area contributed by atoms with Crippen LogP contribution in [-0.2, 0) is 9.84 Å². The molecule has 0 spiro atoms. The van der Waals surface area contributed by atoms with E-state index in [9.17, 15) is 18.0 Å². The van der Waals surface area contributed by atoms with Crippen LogP contribution in [0.2, 0.25) is 5.02 Å². The Bertz CT molecular complexity index is 1630. The predicted octanol–water partition coefficient (Wildman–Crippen LogP) is 4.45. The maximum atomic E-state index is 13.0. The summed E-state index contributed by atoms with van der Waals surface area (Å²) in [5, 5.41) is 5.26. The number of likely N-dealkylation sites (N-methyl/N-ethyl adjacent to an activating group) is 1. The van der Waals surface area contributed by atoms with E-state index in [1.54, 1.807) is 48.1 Å². The van der Waals surface area contributed by atoms with Gasteiger partial charge >= 0.3 is 6.03 Å². The lowest BCUT2D eigenvalue weighted by molar-refractivity contribution is 0.0967. The quantitative estimate of drug-likeness (QED) is 0.297. The number of halogens is 1. The van der Waals surface area contributed by atoms with Crippen LogP contribution in [0, 0.1) is 0 Å². The molecule has 0 radical (unpaired) electrons. The van der Waals surface area contributed by atoms with Crippen LogP contribution in [0.15, 0.2) is 53.0 Å². The molecule has 2 aromatic carbocycles. The number of urea groups is 1. The Morgan fingerprint density at radius 2 is 1.90 bits per heavy atom. The van der Waals surface area contributed by atoms with Gasteiger partial charge in [0.25, 0.3) is 5.91 Å². The minimum absolute atomic E-state index is 0.0615. The van der Waals surface area contributed by atoms with Crippen molar-refractivity contribution in [1.82, 2.24) is 25.1 Å². The normalized spacial score (nSPS) is 14.8. The molecule has 2 aromatic heterocycles. The number of sulfone groups is 1. The highest BCUT2D eigenvalue weighted by Crippen LogP contribution is 2.30. The zero-order valence-corrected chi connectivity index (χ0v) is 24.8. The number of rotatable bonds is 8. The van der Waals surface area contributed by atoms with Crippen LogP contribution < -0.4 is 10.6 Å². The number of carbonyl (C=O) groups is 2. The number of benzene rings is 2. The molecule has 14 heteroatoms. The first kappa shape index (κ1) is 28.6. The third kappa shape index (κ3) is 6.85. The SMILES string of the molecule is CN1CCN(CCCS(=O)(=O)c2ccc3nc(NC(=O)NC(=O)c4cc(-c5cncs5)ccc4Cl)sc3c2)CC1. The Balaban J connectivity index is 1.20. The number of carbonyl (C=O) groups excluding carboxylic acids is 2. The molecule has 1 aliphatic rings. The number of aromatic nitrogens is 2. The van der Waals surface area contributed by atoms with Gasteiger partial charge in [0.1, 0.15) is 0 Å². The van der Waals surface area contributed by atoms with Gasteiger partial charge in [-0.2, -0.15) is 0 Å². The van der Waals surface area contributed by atoms with Gasteiger partial charge in [0.05, 0.1) is 41.8 Å². The first-order chi connectivity index (χ1) is 19.2. The molecule has 0 atom stereocenters. The molecule has 10 nitrogen and oxygen atoms in total. The van der Waals surface area contributed by atoms with Crippen molar-refractivity contribution in [3.63, 3.8) is 0 Å². The van der Waals surface area contributed by atoms with Gasteiger partial charge in [0, 0.05) is 32.4 Å². The van der Waals surface area contributed by atoms with Crippen LogP contribution in [0.4, 0.5) is 9.93 Å². The highest BCUT2D eigenvalue weighted by Gasteiger charge is 2.20. The van der Waals surface area contributed by atoms with Gasteiger partial charge < -0.3 is 9.80 Å². The number of nitrogens with one attached hydrogen (secondary N) is 2. The molecule has 210 valence electrons. The van der Waals surface area contributed by atoms with Crippen LogP contribution in [0.3, 0.4) is 0 Å². The highest BCUT2D eigenvalue weighted by molar-refractivity contribution is 7.91. The largest absolute Gasteiger partial charge is 0.327 e. The van der Waals surface area contributed by atoms with Gasteiger partial charge in [-0.15, -0.1) is 11.3 Å². The average molecular weight is 619 g/mol. The molecule has 4 aromatic rings. The lowest BCUT2D eigenvalue weighted by Gasteiger charge is -2.32. The fourth-order valence-electron chi connectivity index (χ4n) is 4.33. The van der Waals surface area contributed by atoms with Crippen molar-refractivity contribution in [2.75, 3.05) is 50.8 Å². The van der Waals surface area contributed by atoms with E-state index in [0.29, 0.717) is 16.6 Å². The molecule has 1 aliphatic heterocycles. The zero-order chi connectivity index (χ0) is 28.3. The Morgan fingerprint density at radius 1 is 1.10 bits per heavy atom. The standard InChI is InChI=1S/C26H27ClN6O4S3/c1-32-8-10-33(11-9-32)7-2-12-40(36,37)18-4-6-21-22(14-18)39-26(29-21)31-25(35)30-24(34)19-13-17(3-5-20(19)27)23-15-28-16-38-23/h3-6,13-16H,2,7-12H2,1H3,(H2,29,30,31,34,35). The summed E-state index contributed by atoms with van der Waals surface area (Å²) in [5.41, 5.74) is 3.13. The predicted molar refractivity (Wildman–Crippen MR) is 159 cm³/mol. The first-order valence-electron chi connectivity index (χ1n) is 12.5. The number of imide groups is 1. The number of piperazine rings is 1. The van der Waals surface area contributed by atoms with Crippen LogP contribution in [0.25, 0.3) is 20.7 Å². The summed E-state index contributed by atoms with van der Waals surface area (Å²) in [6.45, 7) is 4.63. The molecule has 1 fully saturated rings. The molecule has 2 N–H and O–H groups in total. The number of fused-ring (bicyclic) bond motifs is 1. The van der Waals surface area contributed by atoms with Gasteiger partial charge in [0.2, 0.25) is 0 Å². The lowest BCUT2D eigenvalue weighted by atomic mass is 10.1. The molecular formula is C26H27ClN6O4S3. The van der Waals surface area contributed by atoms with Gasteiger partial charge in [-0.05, 0) is 55.9 Å². The van der Waals surface area contributed by atoms with Crippen molar-refractivity contribution in [2.24, 2.45) is 0 Å². The summed E-state index contributed by atoms with van der Waals surface area (Å²) in [5.74, 6) is -0.605. The van der Waals surface area contributed by atoms with E-state index in [1.807, 2.05) is 0 Å². The van der Waals surface area contributed by atoms with E-state index in [0.717, 1.165) is 54.5 Å². The monoisotopic (exact) mass is 618 g/mol. The molecular weight excluding hydrogens is 592 g/mol. The van der Waals surface area contributed by atoms with Crippen molar-refractivity contribution in [2.45, 2.75) is 11.3 Å². The van der Waals surface area contributed by atoms with Gasteiger partial charge in [-0.1, -0.05) is 29.0 Å². The first-order valence-corrected chi connectivity index (χ1v) is 16.3. The second kappa shape index (κ2) is 12.3. The van der Waals surface area contributed by atoms with Crippen LogP contribution in [0.5, 0.6) is 0 Å². The molecule has 1 saturated heterocycles. The molecule has 3 heterocycles. The highest BCUT2D eigenvalue weighted by atomic mass is 35.5. The molecule has 0 unspecified atom stereocenters. The Morgan fingerprint density at radius 3 is 2.65 bits per heavy atom. The summed E-state index contributed by atoms with van der Waals surface area (Å²) in [6.07, 6.45) is 2.24. The maximum Gasteiger partial charge on any atom is 0.327 e. The Kier molecular flexibility index (Phi) is 8.78. The number of thiazole rings is 2. The number of nitrogens with zero attached hydrogens (tertiary/aromatic N) is 4. The molecule has 40 heavy (non-hydrogen) atoms. The number of anilines is 1. The van der Waals surface area contributed by atoms with Gasteiger partial charge in [0.15, 0.2) is 15.0 Å². The van der Waals surface area contributed by atoms with E-state index < -0.39 is 21.8 Å². The third-order valence-electron chi connectivity index (χ3n) is 6.58. The van der Waals surface area contributed by atoms with Crippen molar-refractivity contribution in [1.29, 1.82) is 0 Å². The molecule has 5 rings (SSSR count). The van der Waals surface area contributed by atoms with Crippen molar-refractivity contribution in [3.8, 4) is 10.4 Å². The number of hydrogen-bond acceptors (Lipinski definition) is 10. The zero-order valence-electron chi connectivity index (χ0n) is 21.6. The van der Waals surface area contributed by atoms with E-state index in [-0.39, 0.29) is 26.4 Å². The summed E-state index contributed by atoms with van der Waals surface area (Å²) in [4.78, 5) is 39.4. The maximum absolute atomic E-state index is 13.0. The van der Waals surface area contributed by atoms with Gasteiger partial charge in [-0.3, -0.25) is 20.4 Å². The minimum Gasteiger partial charge on any atom is -0.304 e. The fraction of sp³-hybridized carbons (Fsp3) is 0.308. The van der Waals surface area contributed by atoms with E-state index in [1.165, 1.54) is 11.3 Å². The molecule has 0 bridgehead atoms. The summed E-state index contributed by atoms with van der Waals surface area (Å²) in [6, 6.07) is 8.93. The third-order valence-corrected chi connectivity index (χ3v) is 10.5. The van der Waals surface area contributed by atoms with Crippen molar-refractivity contribution >= 4 is 71.4 Å². The van der Waals surface area contributed by atoms with E-state index in [4.69, 9.17) is 11.6 Å². The van der Waals surface area contributed by atoms with E-state index in [2.05, 4.69) is 37.4 Å². The van der Waals surface area contributed by atoms with E-state index >= 15 is 0 Å². The van der Waals surface area contributed by atoms with Crippen LogP contribution >= 0.6 is 34.3 Å². The second-order valence-electron chi connectivity index (χ2n) is 9.43. The topological polar surface area (TPSA) is 125 Å². The Hall–Kier alpha value is -2.94. The molecule has 0 aliphatic carbocycles. The smallest absolute Gasteiger partial charge is 0.304 e. The molecule has 3 amide bonds. The van der Waals surface area contributed by atoms with Crippen molar-refractivity contribution in [3.05, 3.63) is 58.7 Å². The Labute approximate surface area is 244 Å². The average Bonchev–Trinajstić information content (AvgIpc) is 3.59. The van der Waals surface area contributed by atoms with Crippen molar-refractivity contribution < 1.29 is 18.0 Å².